The summed E-state index contributed by atoms with van der Waals surface area (Å²) in [6.07, 6.45) is 4.01. The molecule has 2 aliphatic rings. The van der Waals surface area contributed by atoms with E-state index in [1.165, 1.54) is 5.56 Å². The molecule has 4 rings (SSSR count). The molecule has 2 N–H and O–H groups in total. The Morgan fingerprint density at radius 1 is 1.11 bits per heavy atom. The lowest BCUT2D eigenvalue weighted by Gasteiger charge is -2.44. The Hall–Kier alpha value is -2.93. The number of urea groups is 1. The zero-order valence-corrected chi connectivity index (χ0v) is 20.9. The van der Waals surface area contributed by atoms with Crippen LogP contribution in [-0.2, 0) is 16.6 Å². The molecule has 2 aromatic rings. The van der Waals surface area contributed by atoms with Gasteiger partial charge in [0.2, 0.25) is 10.0 Å². The fraction of sp³-hybridized carbons (Fsp3) is 0.462. The van der Waals surface area contributed by atoms with Gasteiger partial charge >= 0.3 is 6.03 Å². The first kappa shape index (κ1) is 25.2. The highest BCUT2D eigenvalue weighted by molar-refractivity contribution is 7.88. The van der Waals surface area contributed by atoms with Gasteiger partial charge in [0.05, 0.1) is 17.9 Å². The van der Waals surface area contributed by atoms with Crippen molar-refractivity contribution in [3.63, 3.8) is 0 Å². The highest BCUT2D eigenvalue weighted by Crippen LogP contribution is 2.32. The number of carbonyl (C=O) groups is 1. The average molecular weight is 496 g/mol. The van der Waals surface area contributed by atoms with Crippen LogP contribution in [0.2, 0.25) is 0 Å². The van der Waals surface area contributed by atoms with Gasteiger partial charge in [-0.3, -0.25) is 9.80 Å². The van der Waals surface area contributed by atoms with Crippen LogP contribution in [0, 0.1) is 23.2 Å². The molecule has 0 aromatic heterocycles. The first-order valence-electron chi connectivity index (χ1n) is 12.1. The maximum absolute atomic E-state index is 13.0. The molecule has 0 bridgehead atoms. The standard InChI is InChI=1S/C26H33N5O3S/c1-35(33,34)29-18-23-17-28-26(32)31(24-9-5-8-22(14-24)16-27)25(23)15-20-10-12-30(13-11-20)19-21-6-3-2-4-7-21/h2-9,14,20,23,25,29H,10-13,15,17-19H2,1H3,(H,28,32). The number of amides is 2. The number of carbonyl (C=O) groups excluding carboxylic acids is 1. The molecule has 8 nitrogen and oxygen atoms in total. The van der Waals surface area contributed by atoms with Crippen molar-refractivity contribution >= 4 is 21.7 Å². The van der Waals surface area contributed by atoms with Gasteiger partial charge in [0.15, 0.2) is 0 Å². The third kappa shape index (κ3) is 6.82. The van der Waals surface area contributed by atoms with Gasteiger partial charge in [-0.15, -0.1) is 0 Å². The molecule has 2 fully saturated rings. The first-order valence-corrected chi connectivity index (χ1v) is 14.0. The molecule has 2 heterocycles. The van der Waals surface area contributed by atoms with E-state index < -0.39 is 10.0 Å². The Kier molecular flexibility index (Phi) is 8.06. The average Bonchev–Trinajstić information content (AvgIpc) is 2.85. The Balaban J connectivity index is 1.49. The van der Waals surface area contributed by atoms with Gasteiger partial charge in [0.25, 0.3) is 0 Å². The minimum Gasteiger partial charge on any atom is -0.337 e. The second-order valence-corrected chi connectivity index (χ2v) is 11.4. The third-order valence-electron chi connectivity index (χ3n) is 7.00. The third-order valence-corrected chi connectivity index (χ3v) is 7.69. The van der Waals surface area contributed by atoms with Gasteiger partial charge in [-0.05, 0) is 62.0 Å². The van der Waals surface area contributed by atoms with Crippen molar-refractivity contribution in [1.82, 2.24) is 14.9 Å². The van der Waals surface area contributed by atoms with Gasteiger partial charge in [0.1, 0.15) is 0 Å². The van der Waals surface area contributed by atoms with Gasteiger partial charge in [-0.2, -0.15) is 5.26 Å². The fourth-order valence-corrected chi connectivity index (χ4v) is 5.68. The molecule has 2 aromatic carbocycles. The van der Waals surface area contributed by atoms with Crippen molar-refractivity contribution in [1.29, 1.82) is 5.26 Å². The minimum atomic E-state index is -3.35. The van der Waals surface area contributed by atoms with Gasteiger partial charge < -0.3 is 5.32 Å². The van der Waals surface area contributed by atoms with E-state index in [1.54, 1.807) is 23.1 Å². The molecule has 0 saturated carbocycles. The molecular formula is C26H33N5O3S. The number of nitrogens with one attached hydrogen (secondary N) is 2. The smallest absolute Gasteiger partial charge is 0.322 e. The number of anilines is 1. The summed E-state index contributed by atoms with van der Waals surface area (Å²) in [4.78, 5) is 17.2. The first-order chi connectivity index (χ1) is 16.8. The van der Waals surface area contributed by atoms with Gasteiger partial charge in [-0.1, -0.05) is 36.4 Å². The number of hydrogen-bond donors (Lipinski definition) is 2. The summed E-state index contributed by atoms with van der Waals surface area (Å²) in [5.41, 5.74) is 2.46. The molecule has 0 spiro atoms. The van der Waals surface area contributed by atoms with E-state index in [0.29, 0.717) is 23.7 Å². The molecule has 2 amide bonds. The van der Waals surface area contributed by atoms with Crippen molar-refractivity contribution in [3.8, 4) is 6.07 Å². The Morgan fingerprint density at radius 2 is 1.86 bits per heavy atom. The van der Waals surface area contributed by atoms with Crippen LogP contribution >= 0.6 is 0 Å². The number of nitriles is 1. The zero-order valence-electron chi connectivity index (χ0n) is 20.1. The number of rotatable bonds is 8. The van der Waals surface area contributed by atoms with Crippen LogP contribution in [0.4, 0.5) is 10.5 Å². The van der Waals surface area contributed by atoms with E-state index >= 15 is 0 Å². The zero-order chi connectivity index (χ0) is 24.8. The number of piperidine rings is 1. The topological polar surface area (TPSA) is 106 Å². The molecule has 9 heteroatoms. The van der Waals surface area contributed by atoms with E-state index in [4.69, 9.17) is 0 Å². The predicted octanol–water partition coefficient (Wildman–Crippen LogP) is 2.92. The quantitative estimate of drug-likeness (QED) is 0.586. The van der Waals surface area contributed by atoms with Gasteiger partial charge in [-0.25, -0.2) is 17.9 Å². The van der Waals surface area contributed by atoms with Gasteiger partial charge in [0, 0.05) is 37.3 Å². The predicted molar refractivity (Wildman–Crippen MR) is 136 cm³/mol. The van der Waals surface area contributed by atoms with E-state index in [1.807, 2.05) is 12.1 Å². The molecule has 2 saturated heterocycles. The molecule has 2 aliphatic heterocycles. The summed E-state index contributed by atoms with van der Waals surface area (Å²) in [6, 6.07) is 19.3. The summed E-state index contributed by atoms with van der Waals surface area (Å²) < 4.78 is 26.2. The Labute approximate surface area is 208 Å². The van der Waals surface area contributed by atoms with Crippen molar-refractivity contribution in [3.05, 3.63) is 65.7 Å². The summed E-state index contributed by atoms with van der Waals surface area (Å²) in [7, 11) is -3.35. The molecule has 2 unspecified atom stereocenters. The fourth-order valence-electron chi connectivity index (χ4n) is 5.16. The number of sulfonamides is 1. The summed E-state index contributed by atoms with van der Waals surface area (Å²) in [5, 5.41) is 12.3. The minimum absolute atomic E-state index is 0.0875. The van der Waals surface area contributed by atoms with Crippen molar-refractivity contribution in [2.24, 2.45) is 11.8 Å². The molecule has 186 valence electrons. The highest BCUT2D eigenvalue weighted by atomic mass is 32.2. The van der Waals surface area contributed by atoms with Crippen LogP contribution in [0.15, 0.2) is 54.6 Å². The Bertz CT molecular complexity index is 1160. The summed E-state index contributed by atoms with van der Waals surface area (Å²) in [5.74, 6) is 0.343. The highest BCUT2D eigenvalue weighted by Gasteiger charge is 2.39. The monoisotopic (exact) mass is 495 g/mol. The second-order valence-electron chi connectivity index (χ2n) is 9.61. The lowest BCUT2D eigenvalue weighted by Crippen LogP contribution is -2.60. The van der Waals surface area contributed by atoms with Crippen molar-refractivity contribution in [2.75, 3.05) is 37.3 Å². The van der Waals surface area contributed by atoms with Crippen LogP contribution < -0.4 is 14.9 Å². The molecule has 0 radical (unpaired) electrons. The van der Waals surface area contributed by atoms with Crippen molar-refractivity contribution in [2.45, 2.75) is 31.8 Å². The molecule has 35 heavy (non-hydrogen) atoms. The number of nitrogens with zero attached hydrogens (tertiary/aromatic N) is 3. The molecule has 0 aliphatic carbocycles. The molecular weight excluding hydrogens is 462 g/mol. The Morgan fingerprint density at radius 3 is 2.54 bits per heavy atom. The maximum atomic E-state index is 13.0. The van der Waals surface area contributed by atoms with Crippen LogP contribution in [0.1, 0.15) is 30.4 Å². The number of hydrogen-bond acceptors (Lipinski definition) is 5. The van der Waals surface area contributed by atoms with E-state index in [2.05, 4.69) is 45.3 Å². The maximum Gasteiger partial charge on any atom is 0.322 e. The van der Waals surface area contributed by atoms with E-state index in [0.717, 1.165) is 45.2 Å². The van der Waals surface area contributed by atoms with Crippen LogP contribution in [0.5, 0.6) is 0 Å². The van der Waals surface area contributed by atoms with E-state index in [-0.39, 0.29) is 24.5 Å². The molecule has 2 atom stereocenters. The van der Waals surface area contributed by atoms with Crippen LogP contribution in [0.25, 0.3) is 0 Å². The van der Waals surface area contributed by atoms with E-state index in [9.17, 15) is 18.5 Å². The second kappa shape index (κ2) is 11.2. The van der Waals surface area contributed by atoms with Crippen LogP contribution in [-0.4, -0.2) is 57.8 Å². The van der Waals surface area contributed by atoms with Crippen LogP contribution in [0.3, 0.4) is 0 Å². The lowest BCUT2D eigenvalue weighted by molar-refractivity contribution is 0.156. The lowest BCUT2D eigenvalue weighted by atomic mass is 9.83. The SMILES string of the molecule is CS(=O)(=O)NCC1CNC(=O)N(c2cccc(C#N)c2)C1CC1CCN(Cc2ccccc2)CC1. The van der Waals surface area contributed by atoms with Crippen molar-refractivity contribution < 1.29 is 13.2 Å². The normalized spacial score (nSPS) is 21.9. The summed E-state index contributed by atoms with van der Waals surface area (Å²) in [6.45, 7) is 3.59. The summed E-state index contributed by atoms with van der Waals surface area (Å²) >= 11 is 0. The largest absolute Gasteiger partial charge is 0.337 e. The number of likely N-dealkylation sites (tertiary alicyclic amines) is 1. The number of benzene rings is 2.